The van der Waals surface area contributed by atoms with Crippen molar-refractivity contribution in [2.75, 3.05) is 5.32 Å². The number of nitrogens with one attached hydrogen (secondary N) is 1. The summed E-state index contributed by atoms with van der Waals surface area (Å²) < 4.78 is 1.64. The largest absolute Gasteiger partial charge is 0.339 e. The third-order valence-corrected chi connectivity index (χ3v) is 3.13. The number of nitrogens with zero attached hydrogens (tertiary/aromatic N) is 3. The maximum atomic E-state index is 11.4. The predicted octanol–water partition coefficient (Wildman–Crippen LogP) is 3.13. The van der Waals surface area contributed by atoms with E-state index >= 15 is 0 Å². The van der Waals surface area contributed by atoms with E-state index in [9.17, 15) is 4.79 Å². The topological polar surface area (TPSA) is 59.8 Å². The zero-order valence-corrected chi connectivity index (χ0v) is 11.5. The first-order valence-electron chi connectivity index (χ1n) is 6.58. The van der Waals surface area contributed by atoms with Crippen molar-refractivity contribution in [3.05, 3.63) is 66.0 Å². The number of hydrogen-bond acceptors (Lipinski definition) is 4. The molecule has 0 unspecified atom stereocenters. The molecule has 0 fully saturated rings. The zero-order valence-electron chi connectivity index (χ0n) is 11.5. The van der Waals surface area contributed by atoms with E-state index in [2.05, 4.69) is 15.4 Å². The second-order valence-electron chi connectivity index (χ2n) is 4.56. The zero-order chi connectivity index (χ0) is 14.7. The standard InChI is InChI=1S/C16H14N4O/c1-12-14(11-21)16(18-13-7-3-2-4-8-13)20(19-12)15-9-5-6-10-17-15/h2-11,18H,1H3. The molecule has 2 heterocycles. The number of aryl methyl sites for hydroxylation is 1. The highest BCUT2D eigenvalue weighted by Gasteiger charge is 2.16. The van der Waals surface area contributed by atoms with E-state index in [1.807, 2.05) is 48.5 Å². The quantitative estimate of drug-likeness (QED) is 0.745. The number of rotatable bonds is 4. The van der Waals surface area contributed by atoms with Gasteiger partial charge in [-0.25, -0.2) is 4.98 Å². The van der Waals surface area contributed by atoms with E-state index < -0.39 is 0 Å². The molecule has 0 bridgehead atoms. The summed E-state index contributed by atoms with van der Waals surface area (Å²) in [5.41, 5.74) is 2.08. The molecule has 0 radical (unpaired) electrons. The van der Waals surface area contributed by atoms with Crippen molar-refractivity contribution in [2.45, 2.75) is 6.92 Å². The molecule has 3 aromatic rings. The van der Waals surface area contributed by atoms with Crippen LogP contribution in [0.4, 0.5) is 11.5 Å². The highest BCUT2D eigenvalue weighted by atomic mass is 16.1. The lowest BCUT2D eigenvalue weighted by Gasteiger charge is -2.09. The number of hydrogen-bond donors (Lipinski definition) is 1. The third kappa shape index (κ3) is 2.53. The van der Waals surface area contributed by atoms with Gasteiger partial charge >= 0.3 is 0 Å². The molecule has 21 heavy (non-hydrogen) atoms. The molecule has 104 valence electrons. The van der Waals surface area contributed by atoms with Crippen LogP contribution in [0, 0.1) is 6.92 Å². The number of carbonyl (C=O) groups excluding carboxylic acids is 1. The Morgan fingerprint density at radius 1 is 1.10 bits per heavy atom. The Morgan fingerprint density at radius 2 is 1.86 bits per heavy atom. The lowest BCUT2D eigenvalue weighted by Crippen LogP contribution is -2.05. The molecule has 0 amide bonds. The number of carbonyl (C=O) groups is 1. The molecule has 2 aromatic heterocycles. The number of benzene rings is 1. The molecular weight excluding hydrogens is 264 g/mol. The van der Waals surface area contributed by atoms with Crippen LogP contribution in [0.1, 0.15) is 16.1 Å². The highest BCUT2D eigenvalue weighted by Crippen LogP contribution is 2.24. The molecule has 0 saturated carbocycles. The van der Waals surface area contributed by atoms with Crippen molar-refractivity contribution >= 4 is 17.8 Å². The van der Waals surface area contributed by atoms with Crippen LogP contribution in [0.15, 0.2) is 54.7 Å². The number of pyridine rings is 1. The normalized spacial score (nSPS) is 10.3. The fourth-order valence-electron chi connectivity index (χ4n) is 2.10. The number of aromatic nitrogens is 3. The summed E-state index contributed by atoms with van der Waals surface area (Å²) in [6.07, 6.45) is 2.51. The molecule has 0 aliphatic carbocycles. The third-order valence-electron chi connectivity index (χ3n) is 3.13. The monoisotopic (exact) mass is 278 g/mol. The summed E-state index contributed by atoms with van der Waals surface area (Å²) in [6, 6.07) is 15.2. The Morgan fingerprint density at radius 3 is 2.52 bits per heavy atom. The van der Waals surface area contributed by atoms with Crippen LogP contribution in [-0.4, -0.2) is 21.1 Å². The lowest BCUT2D eigenvalue weighted by molar-refractivity contribution is 0.112. The summed E-state index contributed by atoms with van der Waals surface area (Å²) in [5, 5.41) is 7.65. The average molecular weight is 278 g/mol. The van der Waals surface area contributed by atoms with E-state index in [0.29, 0.717) is 22.9 Å². The first-order chi connectivity index (χ1) is 10.3. The van der Waals surface area contributed by atoms with Gasteiger partial charge in [0, 0.05) is 11.9 Å². The average Bonchev–Trinajstić information content (AvgIpc) is 2.85. The van der Waals surface area contributed by atoms with Crippen molar-refractivity contribution in [2.24, 2.45) is 0 Å². The SMILES string of the molecule is Cc1nn(-c2ccccn2)c(Nc2ccccc2)c1C=O. The molecule has 0 spiro atoms. The second-order valence-corrected chi connectivity index (χ2v) is 4.56. The molecule has 5 heteroatoms. The van der Waals surface area contributed by atoms with E-state index in [0.717, 1.165) is 12.0 Å². The summed E-state index contributed by atoms with van der Waals surface area (Å²) in [5.74, 6) is 1.28. The van der Waals surface area contributed by atoms with E-state index in [1.165, 1.54) is 0 Å². The molecule has 1 aromatic carbocycles. The first kappa shape index (κ1) is 13.1. The molecule has 5 nitrogen and oxygen atoms in total. The predicted molar refractivity (Wildman–Crippen MR) is 81.2 cm³/mol. The van der Waals surface area contributed by atoms with Gasteiger partial charge in [0.1, 0.15) is 5.82 Å². The Labute approximate surface area is 122 Å². The van der Waals surface area contributed by atoms with Crippen LogP contribution < -0.4 is 5.32 Å². The minimum atomic E-state index is 0.532. The smallest absolute Gasteiger partial charge is 0.155 e. The Balaban J connectivity index is 2.11. The minimum absolute atomic E-state index is 0.532. The van der Waals surface area contributed by atoms with Crippen molar-refractivity contribution < 1.29 is 4.79 Å². The van der Waals surface area contributed by atoms with Crippen LogP contribution in [-0.2, 0) is 0 Å². The van der Waals surface area contributed by atoms with E-state index in [4.69, 9.17) is 0 Å². The van der Waals surface area contributed by atoms with Crippen molar-refractivity contribution in [3.8, 4) is 5.82 Å². The van der Waals surface area contributed by atoms with E-state index in [-0.39, 0.29) is 0 Å². The Hall–Kier alpha value is -2.95. The number of para-hydroxylation sites is 1. The molecule has 0 atom stereocenters. The number of aldehydes is 1. The Bertz CT molecular complexity index is 751. The van der Waals surface area contributed by atoms with Crippen molar-refractivity contribution in [1.82, 2.24) is 14.8 Å². The highest BCUT2D eigenvalue weighted by molar-refractivity contribution is 5.86. The van der Waals surface area contributed by atoms with Gasteiger partial charge in [-0.15, -0.1) is 0 Å². The van der Waals surface area contributed by atoms with Gasteiger partial charge in [0.2, 0.25) is 0 Å². The first-order valence-corrected chi connectivity index (χ1v) is 6.58. The fraction of sp³-hybridized carbons (Fsp3) is 0.0625. The van der Waals surface area contributed by atoms with Crippen LogP contribution in [0.2, 0.25) is 0 Å². The van der Waals surface area contributed by atoms with Crippen molar-refractivity contribution in [1.29, 1.82) is 0 Å². The van der Waals surface area contributed by atoms with Gasteiger partial charge in [0.05, 0.1) is 11.3 Å². The summed E-state index contributed by atoms with van der Waals surface area (Å²) in [4.78, 5) is 15.7. The lowest BCUT2D eigenvalue weighted by atomic mass is 10.2. The van der Waals surface area contributed by atoms with Gasteiger partial charge in [-0.05, 0) is 31.2 Å². The van der Waals surface area contributed by atoms with Crippen LogP contribution in [0.25, 0.3) is 5.82 Å². The summed E-state index contributed by atoms with van der Waals surface area (Å²) >= 11 is 0. The number of anilines is 2. The van der Waals surface area contributed by atoms with Gasteiger partial charge < -0.3 is 5.32 Å². The molecule has 0 aliphatic heterocycles. The summed E-state index contributed by atoms with van der Waals surface area (Å²) in [7, 11) is 0. The maximum absolute atomic E-state index is 11.4. The van der Waals surface area contributed by atoms with Crippen LogP contribution in [0.3, 0.4) is 0 Å². The minimum Gasteiger partial charge on any atom is -0.339 e. The molecule has 1 N–H and O–H groups in total. The van der Waals surface area contributed by atoms with Gasteiger partial charge in [-0.3, -0.25) is 4.79 Å². The molecule has 0 aliphatic rings. The van der Waals surface area contributed by atoms with Gasteiger partial charge in [0.15, 0.2) is 12.1 Å². The second kappa shape index (κ2) is 5.58. The van der Waals surface area contributed by atoms with Gasteiger partial charge in [0.25, 0.3) is 0 Å². The van der Waals surface area contributed by atoms with Crippen LogP contribution in [0.5, 0.6) is 0 Å². The van der Waals surface area contributed by atoms with Gasteiger partial charge in [-0.2, -0.15) is 9.78 Å². The maximum Gasteiger partial charge on any atom is 0.155 e. The van der Waals surface area contributed by atoms with Gasteiger partial charge in [-0.1, -0.05) is 24.3 Å². The summed E-state index contributed by atoms with van der Waals surface area (Å²) in [6.45, 7) is 1.80. The van der Waals surface area contributed by atoms with Crippen molar-refractivity contribution in [3.63, 3.8) is 0 Å². The Kier molecular flexibility index (Phi) is 3.47. The molecular formula is C16H14N4O. The fourth-order valence-corrected chi connectivity index (χ4v) is 2.10. The molecule has 3 rings (SSSR count). The van der Waals surface area contributed by atoms with E-state index in [1.54, 1.807) is 17.8 Å². The van der Waals surface area contributed by atoms with Crippen LogP contribution >= 0.6 is 0 Å². The molecule has 0 saturated heterocycles.